The Labute approximate surface area is 117 Å². The van der Waals surface area contributed by atoms with Crippen LogP contribution in [0.3, 0.4) is 0 Å². The summed E-state index contributed by atoms with van der Waals surface area (Å²) in [6, 6.07) is 9.31. The minimum absolute atomic E-state index is 0.0282. The Hall–Kier alpha value is -0.820. The van der Waals surface area contributed by atoms with Crippen molar-refractivity contribution in [1.29, 1.82) is 0 Å². The summed E-state index contributed by atoms with van der Waals surface area (Å²) in [5.74, 6) is 1.73. The van der Waals surface area contributed by atoms with Crippen molar-refractivity contribution >= 4 is 0 Å². The maximum atomic E-state index is 6.53. The Morgan fingerprint density at radius 3 is 2.11 bits per heavy atom. The van der Waals surface area contributed by atoms with E-state index in [2.05, 4.69) is 31.2 Å². The lowest BCUT2D eigenvalue weighted by molar-refractivity contribution is 0.348. The number of rotatable bonds is 2. The van der Waals surface area contributed by atoms with Crippen LogP contribution < -0.4 is 5.73 Å². The molecule has 2 saturated carbocycles. The Morgan fingerprint density at radius 2 is 1.53 bits per heavy atom. The van der Waals surface area contributed by atoms with E-state index in [1.807, 2.05) is 0 Å². The topological polar surface area (TPSA) is 26.0 Å². The highest BCUT2D eigenvalue weighted by atomic mass is 14.8. The molecule has 0 amide bonds. The molecule has 0 heterocycles. The highest BCUT2D eigenvalue weighted by molar-refractivity contribution is 5.31. The first-order valence-corrected chi connectivity index (χ1v) is 8.07. The molecule has 2 N–H and O–H groups in total. The van der Waals surface area contributed by atoms with Crippen molar-refractivity contribution in [2.45, 2.75) is 69.7 Å². The first-order valence-electron chi connectivity index (χ1n) is 8.07. The molecule has 1 aromatic rings. The fourth-order valence-corrected chi connectivity index (χ4v) is 3.98. The molecule has 104 valence electrons. The molecule has 0 saturated heterocycles. The van der Waals surface area contributed by atoms with Crippen LogP contribution in [0.4, 0.5) is 0 Å². The van der Waals surface area contributed by atoms with E-state index in [0.29, 0.717) is 0 Å². The van der Waals surface area contributed by atoms with Gasteiger partial charge in [0.2, 0.25) is 0 Å². The third kappa shape index (κ3) is 2.72. The van der Waals surface area contributed by atoms with E-state index in [4.69, 9.17) is 5.73 Å². The van der Waals surface area contributed by atoms with Gasteiger partial charge in [0.05, 0.1) is 0 Å². The van der Waals surface area contributed by atoms with Gasteiger partial charge in [-0.3, -0.25) is 0 Å². The molecule has 0 unspecified atom stereocenters. The van der Waals surface area contributed by atoms with Gasteiger partial charge in [-0.05, 0) is 48.6 Å². The third-order valence-electron chi connectivity index (χ3n) is 5.47. The SMILES string of the molecule is CC1CCC(c2ccc(C3(N)CCCC3)cc2)CC1. The molecule has 0 aromatic heterocycles. The monoisotopic (exact) mass is 257 g/mol. The lowest BCUT2D eigenvalue weighted by Crippen LogP contribution is -2.32. The largest absolute Gasteiger partial charge is 0.321 e. The van der Waals surface area contributed by atoms with Crippen LogP contribution in [-0.2, 0) is 5.54 Å². The Bertz CT molecular complexity index is 406. The third-order valence-corrected chi connectivity index (χ3v) is 5.47. The summed E-state index contributed by atoms with van der Waals surface area (Å²) >= 11 is 0. The van der Waals surface area contributed by atoms with Gasteiger partial charge in [-0.1, -0.05) is 56.9 Å². The van der Waals surface area contributed by atoms with E-state index in [1.54, 1.807) is 0 Å². The van der Waals surface area contributed by atoms with E-state index in [1.165, 1.54) is 49.7 Å². The van der Waals surface area contributed by atoms with Gasteiger partial charge < -0.3 is 5.73 Å². The maximum Gasteiger partial charge on any atom is 0.0409 e. The van der Waals surface area contributed by atoms with Crippen molar-refractivity contribution in [3.05, 3.63) is 35.4 Å². The van der Waals surface area contributed by atoms with E-state index < -0.39 is 0 Å². The highest BCUT2D eigenvalue weighted by Crippen LogP contribution is 2.39. The molecule has 0 atom stereocenters. The number of hydrogen-bond acceptors (Lipinski definition) is 1. The van der Waals surface area contributed by atoms with Crippen LogP contribution in [0.2, 0.25) is 0 Å². The maximum absolute atomic E-state index is 6.53. The van der Waals surface area contributed by atoms with Crippen molar-refractivity contribution in [3.8, 4) is 0 Å². The summed E-state index contributed by atoms with van der Waals surface area (Å²) in [5, 5.41) is 0. The predicted molar refractivity (Wildman–Crippen MR) is 81.1 cm³/mol. The van der Waals surface area contributed by atoms with Gasteiger partial charge >= 0.3 is 0 Å². The zero-order valence-electron chi connectivity index (χ0n) is 12.2. The summed E-state index contributed by atoms with van der Waals surface area (Å²) in [7, 11) is 0. The lowest BCUT2D eigenvalue weighted by Gasteiger charge is -2.28. The fourth-order valence-electron chi connectivity index (χ4n) is 3.98. The molecule has 1 aromatic carbocycles. The lowest BCUT2D eigenvalue weighted by atomic mass is 9.78. The van der Waals surface area contributed by atoms with Crippen LogP contribution in [0.5, 0.6) is 0 Å². The Balaban J connectivity index is 1.72. The second-order valence-corrected chi connectivity index (χ2v) is 6.94. The standard InChI is InChI=1S/C18H27N/c1-14-4-6-15(7-5-14)16-8-10-17(11-9-16)18(19)12-2-3-13-18/h8-11,14-15H,2-7,12-13,19H2,1H3. The number of nitrogens with two attached hydrogens (primary N) is 1. The van der Waals surface area contributed by atoms with Crippen LogP contribution in [0.1, 0.15) is 75.3 Å². The molecule has 2 aliphatic carbocycles. The van der Waals surface area contributed by atoms with Crippen LogP contribution in [0.15, 0.2) is 24.3 Å². The van der Waals surface area contributed by atoms with E-state index in [0.717, 1.165) is 24.7 Å². The second-order valence-electron chi connectivity index (χ2n) is 6.94. The average molecular weight is 257 g/mol. The van der Waals surface area contributed by atoms with Crippen molar-refractivity contribution in [1.82, 2.24) is 0 Å². The zero-order chi connectivity index (χ0) is 13.3. The molecule has 1 heteroatoms. The van der Waals surface area contributed by atoms with Gasteiger partial charge in [0.15, 0.2) is 0 Å². The average Bonchev–Trinajstić information content (AvgIpc) is 2.88. The summed E-state index contributed by atoms with van der Waals surface area (Å²) in [5.41, 5.74) is 9.40. The van der Waals surface area contributed by atoms with Crippen LogP contribution in [-0.4, -0.2) is 0 Å². The molecule has 0 radical (unpaired) electrons. The summed E-state index contributed by atoms with van der Waals surface area (Å²) in [4.78, 5) is 0. The van der Waals surface area contributed by atoms with E-state index in [9.17, 15) is 0 Å². The van der Waals surface area contributed by atoms with Crippen molar-refractivity contribution < 1.29 is 0 Å². The van der Waals surface area contributed by atoms with Gasteiger partial charge in [0, 0.05) is 5.54 Å². The molecule has 0 bridgehead atoms. The summed E-state index contributed by atoms with van der Waals surface area (Å²) in [6.07, 6.45) is 10.4. The smallest absolute Gasteiger partial charge is 0.0409 e. The van der Waals surface area contributed by atoms with Gasteiger partial charge in [-0.2, -0.15) is 0 Å². The second kappa shape index (κ2) is 5.28. The molecule has 0 spiro atoms. The number of benzene rings is 1. The van der Waals surface area contributed by atoms with Crippen molar-refractivity contribution in [2.75, 3.05) is 0 Å². The summed E-state index contributed by atoms with van der Waals surface area (Å²) in [6.45, 7) is 2.39. The molecule has 2 aliphatic rings. The molecular formula is C18H27N. The normalized spacial score (nSPS) is 30.4. The van der Waals surface area contributed by atoms with E-state index in [-0.39, 0.29) is 5.54 Å². The van der Waals surface area contributed by atoms with E-state index >= 15 is 0 Å². The fraction of sp³-hybridized carbons (Fsp3) is 0.667. The minimum atomic E-state index is -0.0282. The molecule has 19 heavy (non-hydrogen) atoms. The predicted octanol–water partition coefficient (Wildman–Crippen LogP) is 4.71. The van der Waals surface area contributed by atoms with Gasteiger partial charge in [-0.25, -0.2) is 0 Å². The van der Waals surface area contributed by atoms with Crippen molar-refractivity contribution in [3.63, 3.8) is 0 Å². The van der Waals surface area contributed by atoms with Crippen molar-refractivity contribution in [2.24, 2.45) is 11.7 Å². The van der Waals surface area contributed by atoms with Crippen LogP contribution in [0, 0.1) is 5.92 Å². The molecule has 3 rings (SSSR count). The molecule has 0 aliphatic heterocycles. The molecule has 2 fully saturated rings. The zero-order valence-corrected chi connectivity index (χ0v) is 12.2. The van der Waals surface area contributed by atoms with Gasteiger partial charge in [0.25, 0.3) is 0 Å². The summed E-state index contributed by atoms with van der Waals surface area (Å²) < 4.78 is 0. The first kappa shape index (κ1) is 13.2. The quantitative estimate of drug-likeness (QED) is 0.816. The Morgan fingerprint density at radius 1 is 0.947 bits per heavy atom. The highest BCUT2D eigenvalue weighted by Gasteiger charge is 2.31. The minimum Gasteiger partial charge on any atom is -0.321 e. The number of hydrogen-bond donors (Lipinski definition) is 1. The van der Waals surface area contributed by atoms with Gasteiger partial charge in [0.1, 0.15) is 0 Å². The van der Waals surface area contributed by atoms with Crippen LogP contribution in [0.25, 0.3) is 0 Å². The Kier molecular flexibility index (Phi) is 3.66. The first-order chi connectivity index (χ1) is 9.17. The molecular weight excluding hydrogens is 230 g/mol. The van der Waals surface area contributed by atoms with Crippen LogP contribution >= 0.6 is 0 Å². The molecule has 1 nitrogen and oxygen atoms in total. The van der Waals surface area contributed by atoms with Gasteiger partial charge in [-0.15, -0.1) is 0 Å².